The van der Waals surface area contributed by atoms with E-state index in [9.17, 15) is 23.2 Å². The first-order valence-corrected chi connectivity index (χ1v) is 11.0. The average Bonchev–Trinajstić information content (AvgIpc) is 2.60. The van der Waals surface area contributed by atoms with E-state index in [1.807, 2.05) is 13.8 Å². The molecule has 31 heavy (non-hydrogen) atoms. The van der Waals surface area contributed by atoms with Gasteiger partial charge in [-0.25, -0.2) is 13.6 Å². The van der Waals surface area contributed by atoms with Gasteiger partial charge in [0.25, 0.3) is 0 Å². The number of halogens is 2. The van der Waals surface area contributed by atoms with Crippen LogP contribution in [0.2, 0.25) is 0 Å². The number of likely N-dealkylation sites (tertiary alicyclic amines) is 2. The fourth-order valence-corrected chi connectivity index (χ4v) is 3.09. The summed E-state index contributed by atoms with van der Waals surface area (Å²) in [5.41, 5.74) is 4.96. The third kappa shape index (κ3) is 9.37. The van der Waals surface area contributed by atoms with E-state index in [1.54, 1.807) is 20.8 Å². The van der Waals surface area contributed by atoms with Crippen LogP contribution in [0, 0.1) is 0 Å². The van der Waals surface area contributed by atoms with Crippen LogP contribution in [-0.2, 0) is 14.3 Å². The molecule has 2 atom stereocenters. The molecule has 3 N–H and O–H groups in total. The van der Waals surface area contributed by atoms with Gasteiger partial charge in [0.15, 0.2) is 0 Å². The number of alkyl halides is 2. The molecule has 0 aromatic heterocycles. The van der Waals surface area contributed by atoms with Crippen molar-refractivity contribution in [2.24, 2.45) is 5.73 Å². The van der Waals surface area contributed by atoms with Crippen LogP contribution in [0.15, 0.2) is 0 Å². The molecule has 0 spiro atoms. The van der Waals surface area contributed by atoms with Crippen molar-refractivity contribution in [2.75, 3.05) is 26.2 Å². The highest BCUT2D eigenvalue weighted by Gasteiger charge is 2.35. The van der Waals surface area contributed by atoms with Crippen LogP contribution in [0.25, 0.3) is 0 Å². The van der Waals surface area contributed by atoms with Gasteiger partial charge < -0.3 is 25.6 Å². The van der Waals surface area contributed by atoms with E-state index in [4.69, 9.17) is 10.5 Å². The molecule has 180 valence electrons. The molecule has 0 saturated carbocycles. The molecule has 2 aliphatic heterocycles. The molecule has 0 aromatic rings. The Kier molecular flexibility index (Phi) is 10.6. The van der Waals surface area contributed by atoms with Gasteiger partial charge in [-0.2, -0.15) is 0 Å². The number of hydrogen-bond acceptors (Lipinski definition) is 5. The second-order valence-corrected chi connectivity index (χ2v) is 9.06. The largest absolute Gasteiger partial charge is 0.444 e. The Labute approximate surface area is 183 Å². The van der Waals surface area contributed by atoms with Crippen molar-refractivity contribution in [3.63, 3.8) is 0 Å². The first-order valence-electron chi connectivity index (χ1n) is 11.0. The van der Waals surface area contributed by atoms with Gasteiger partial charge in [-0.05, 0) is 33.6 Å². The summed E-state index contributed by atoms with van der Waals surface area (Å²) < 4.78 is 30.2. The summed E-state index contributed by atoms with van der Waals surface area (Å²) >= 11 is 0. The second kappa shape index (κ2) is 12.2. The zero-order valence-electron chi connectivity index (χ0n) is 19.3. The van der Waals surface area contributed by atoms with Crippen LogP contribution in [-0.4, -0.2) is 83.9 Å². The molecule has 2 rings (SSSR count). The Morgan fingerprint density at radius 1 is 0.968 bits per heavy atom. The number of alkyl carbamates (subject to hydrolysis) is 1. The minimum Gasteiger partial charge on any atom is -0.444 e. The number of nitrogens with one attached hydrogen (secondary N) is 1. The zero-order valence-corrected chi connectivity index (χ0v) is 19.3. The highest BCUT2D eigenvalue weighted by Crippen LogP contribution is 2.15. The van der Waals surface area contributed by atoms with Crippen molar-refractivity contribution >= 4 is 17.9 Å². The summed E-state index contributed by atoms with van der Waals surface area (Å²) in [6, 6.07) is -1.06. The summed E-state index contributed by atoms with van der Waals surface area (Å²) in [7, 11) is 0. The molecular formula is C21H38F2N4O4. The summed E-state index contributed by atoms with van der Waals surface area (Å²) in [6.07, 6.45) is 0.462. The number of rotatable bonds is 7. The van der Waals surface area contributed by atoms with Crippen molar-refractivity contribution in [3.8, 4) is 0 Å². The van der Waals surface area contributed by atoms with Crippen LogP contribution in [0.3, 0.4) is 0 Å². The van der Waals surface area contributed by atoms with Crippen molar-refractivity contribution < 1.29 is 27.9 Å². The summed E-state index contributed by atoms with van der Waals surface area (Å²) in [6.45, 7) is 9.87. The molecule has 0 aromatic carbocycles. The number of carbonyl (C=O) groups excluding carboxylic acids is 3. The molecule has 2 aliphatic rings. The smallest absolute Gasteiger partial charge is 0.408 e. The van der Waals surface area contributed by atoms with E-state index in [0.29, 0.717) is 12.8 Å². The summed E-state index contributed by atoms with van der Waals surface area (Å²) in [4.78, 5) is 37.9. The second-order valence-electron chi connectivity index (χ2n) is 9.06. The molecule has 2 saturated heterocycles. The van der Waals surface area contributed by atoms with Gasteiger partial charge in [-0.15, -0.1) is 0 Å². The summed E-state index contributed by atoms with van der Waals surface area (Å²) in [5.74, 6) is -0.340. The van der Waals surface area contributed by atoms with E-state index in [-0.39, 0.29) is 38.0 Å². The average molecular weight is 449 g/mol. The standard InChI is InChI=1S/C13H23FN2O3.C8H15FN2O/c1-5-6-10(11(17)16-7-9(14)8-16)15-12(18)19-13(2,3)4;1-2-3-7(10)8(12)11-4-6(9)5-11/h9-10H,5-8H2,1-4H3,(H,15,18);6-7H,2-5,10H2,1H3/t10-;7-/m11/s1. The predicted octanol–water partition coefficient (Wildman–Crippen LogP) is 2.15. The molecular weight excluding hydrogens is 410 g/mol. The molecule has 2 fully saturated rings. The number of hydrogen-bond donors (Lipinski definition) is 2. The van der Waals surface area contributed by atoms with Crippen LogP contribution in [0.5, 0.6) is 0 Å². The van der Waals surface area contributed by atoms with Crippen molar-refractivity contribution in [1.29, 1.82) is 0 Å². The minimum absolute atomic E-state index is 0.106. The number of carbonyl (C=O) groups is 3. The van der Waals surface area contributed by atoms with Crippen molar-refractivity contribution in [3.05, 3.63) is 0 Å². The Balaban J connectivity index is 0.000000343. The maximum absolute atomic E-state index is 12.8. The minimum atomic E-state index is -0.937. The number of nitrogens with two attached hydrogens (primary N) is 1. The number of ether oxygens (including phenoxy) is 1. The van der Waals surface area contributed by atoms with Crippen LogP contribution in [0.1, 0.15) is 60.3 Å². The zero-order chi connectivity index (χ0) is 23.8. The molecule has 8 nitrogen and oxygen atoms in total. The Bertz CT molecular complexity index is 596. The van der Waals surface area contributed by atoms with Gasteiger partial charge in [0.05, 0.1) is 32.2 Å². The van der Waals surface area contributed by atoms with Gasteiger partial charge in [0.2, 0.25) is 11.8 Å². The van der Waals surface area contributed by atoms with Gasteiger partial charge in [-0.1, -0.05) is 26.7 Å². The van der Waals surface area contributed by atoms with Gasteiger partial charge in [-0.3, -0.25) is 9.59 Å². The van der Waals surface area contributed by atoms with Crippen LogP contribution in [0.4, 0.5) is 13.6 Å². The Hall–Kier alpha value is -1.97. The lowest BCUT2D eigenvalue weighted by molar-refractivity contribution is -0.141. The quantitative estimate of drug-likeness (QED) is 0.621. The van der Waals surface area contributed by atoms with E-state index in [0.717, 1.165) is 12.8 Å². The van der Waals surface area contributed by atoms with E-state index in [2.05, 4.69) is 5.32 Å². The van der Waals surface area contributed by atoms with E-state index in [1.165, 1.54) is 9.80 Å². The van der Waals surface area contributed by atoms with E-state index < -0.39 is 36.1 Å². The first kappa shape index (κ1) is 27.1. The first-order chi connectivity index (χ1) is 14.4. The van der Waals surface area contributed by atoms with Gasteiger partial charge >= 0.3 is 6.09 Å². The molecule has 3 amide bonds. The lowest BCUT2D eigenvalue weighted by atomic mass is 10.1. The molecule has 0 aliphatic carbocycles. The normalized spacial score (nSPS) is 18.7. The third-order valence-corrected chi connectivity index (χ3v) is 4.78. The van der Waals surface area contributed by atoms with Crippen LogP contribution < -0.4 is 11.1 Å². The number of amides is 3. The SMILES string of the molecule is CCC[C@@H](N)C(=O)N1CC(F)C1.CCC[C@@H](NC(=O)OC(C)(C)C)C(=O)N1CC(F)C1. The monoisotopic (exact) mass is 448 g/mol. The topological polar surface area (TPSA) is 105 Å². The lowest BCUT2D eigenvalue weighted by Crippen LogP contribution is -2.58. The highest BCUT2D eigenvalue weighted by molar-refractivity contribution is 5.86. The fraction of sp³-hybridized carbons (Fsp3) is 0.857. The van der Waals surface area contributed by atoms with Crippen molar-refractivity contribution in [2.45, 2.75) is 90.3 Å². The summed E-state index contributed by atoms with van der Waals surface area (Å²) in [5, 5.41) is 2.56. The molecule has 0 unspecified atom stereocenters. The molecule has 0 bridgehead atoms. The Morgan fingerprint density at radius 3 is 1.81 bits per heavy atom. The highest BCUT2D eigenvalue weighted by atomic mass is 19.1. The van der Waals surface area contributed by atoms with Gasteiger partial charge in [0.1, 0.15) is 24.0 Å². The molecule has 10 heteroatoms. The van der Waals surface area contributed by atoms with Crippen LogP contribution >= 0.6 is 0 Å². The van der Waals surface area contributed by atoms with Gasteiger partial charge in [0, 0.05) is 0 Å². The molecule has 2 heterocycles. The fourth-order valence-electron chi connectivity index (χ4n) is 3.09. The maximum Gasteiger partial charge on any atom is 0.408 e. The predicted molar refractivity (Wildman–Crippen MR) is 114 cm³/mol. The number of nitrogens with zero attached hydrogens (tertiary/aromatic N) is 2. The lowest BCUT2D eigenvalue weighted by Gasteiger charge is -2.37. The van der Waals surface area contributed by atoms with E-state index >= 15 is 0 Å². The third-order valence-electron chi connectivity index (χ3n) is 4.78. The molecule has 0 radical (unpaired) electrons. The van der Waals surface area contributed by atoms with Crippen molar-refractivity contribution in [1.82, 2.24) is 15.1 Å². The Morgan fingerprint density at radius 2 is 1.42 bits per heavy atom. The maximum atomic E-state index is 12.8.